The van der Waals surface area contributed by atoms with E-state index in [-0.39, 0.29) is 11.7 Å². The van der Waals surface area contributed by atoms with Gasteiger partial charge >= 0.3 is 0 Å². The molecule has 0 bridgehead atoms. The Morgan fingerprint density at radius 1 is 1.20 bits per heavy atom. The van der Waals surface area contributed by atoms with Gasteiger partial charge in [-0.15, -0.1) is 0 Å². The molecule has 1 amide bonds. The van der Waals surface area contributed by atoms with Gasteiger partial charge in [0.25, 0.3) is 0 Å². The van der Waals surface area contributed by atoms with Crippen LogP contribution in [-0.4, -0.2) is 23.0 Å². The summed E-state index contributed by atoms with van der Waals surface area (Å²) in [7, 11) is 1.65. The molecule has 1 aliphatic rings. The number of nitrogens with one attached hydrogen (secondary N) is 1. The lowest BCUT2D eigenvalue weighted by atomic mass is 9.98. The molecule has 1 aliphatic carbocycles. The third-order valence-corrected chi connectivity index (χ3v) is 4.71. The third-order valence-electron chi connectivity index (χ3n) is 4.71. The molecule has 0 unspecified atom stereocenters. The highest BCUT2D eigenvalue weighted by Gasteiger charge is 2.26. The summed E-state index contributed by atoms with van der Waals surface area (Å²) in [5, 5.41) is 13.6. The fraction of sp³-hybridized carbons (Fsp3) is 0.238. The highest BCUT2D eigenvalue weighted by Crippen LogP contribution is 2.44. The number of benzene rings is 2. The van der Waals surface area contributed by atoms with Crippen LogP contribution >= 0.6 is 0 Å². The number of carbonyl (C=O) groups excluding carboxylic acids is 1. The van der Waals surface area contributed by atoms with Crippen molar-refractivity contribution in [3.63, 3.8) is 0 Å². The Balaban J connectivity index is 1.83. The van der Waals surface area contributed by atoms with E-state index in [0.717, 1.165) is 27.7 Å². The van der Waals surface area contributed by atoms with E-state index in [1.165, 1.54) is 18.4 Å². The number of phenolic OH excluding ortho intramolecular Hbond substituents is 1. The molecule has 1 aromatic heterocycles. The van der Waals surface area contributed by atoms with Gasteiger partial charge in [0.1, 0.15) is 5.75 Å². The molecule has 1 fully saturated rings. The highest BCUT2D eigenvalue weighted by atomic mass is 16.3. The molecule has 0 radical (unpaired) electrons. The number of pyridine rings is 1. The standard InChI is InChI=1S/C21H20N2O2/c1-22-21(25)10-13-5-8-19-18(9-13)17(14-6-7-14)12-20(23-19)15-3-2-4-16(24)11-15/h2-5,8-9,11-12,14,24H,6-7,10H2,1H3,(H,22,25). The van der Waals surface area contributed by atoms with Crippen LogP contribution in [0.5, 0.6) is 5.75 Å². The first-order valence-electron chi connectivity index (χ1n) is 8.57. The first-order chi connectivity index (χ1) is 12.1. The average molecular weight is 332 g/mol. The zero-order valence-electron chi connectivity index (χ0n) is 14.1. The number of aromatic nitrogens is 1. The topological polar surface area (TPSA) is 62.2 Å². The van der Waals surface area contributed by atoms with E-state index in [0.29, 0.717) is 12.3 Å². The number of amides is 1. The summed E-state index contributed by atoms with van der Waals surface area (Å²) in [6, 6.07) is 15.4. The largest absolute Gasteiger partial charge is 0.508 e. The molecular weight excluding hydrogens is 312 g/mol. The van der Waals surface area contributed by atoms with E-state index in [1.54, 1.807) is 19.2 Å². The van der Waals surface area contributed by atoms with Crippen molar-refractivity contribution in [3.8, 4) is 17.0 Å². The Morgan fingerprint density at radius 2 is 2.04 bits per heavy atom. The normalized spacial score (nSPS) is 13.8. The van der Waals surface area contributed by atoms with E-state index < -0.39 is 0 Å². The Kier molecular flexibility index (Phi) is 3.88. The number of nitrogens with zero attached hydrogens (tertiary/aromatic N) is 1. The minimum absolute atomic E-state index is 0.0108. The van der Waals surface area contributed by atoms with Gasteiger partial charge in [0.05, 0.1) is 17.6 Å². The third kappa shape index (κ3) is 3.20. The average Bonchev–Trinajstić information content (AvgIpc) is 3.45. The molecule has 2 N–H and O–H groups in total. The van der Waals surface area contributed by atoms with E-state index in [1.807, 2.05) is 24.3 Å². The lowest BCUT2D eigenvalue weighted by molar-refractivity contribution is -0.119. The molecule has 126 valence electrons. The Morgan fingerprint density at radius 3 is 2.76 bits per heavy atom. The Hall–Kier alpha value is -2.88. The van der Waals surface area contributed by atoms with E-state index >= 15 is 0 Å². The summed E-state index contributed by atoms with van der Waals surface area (Å²) in [6.45, 7) is 0. The number of aromatic hydroxyl groups is 1. The molecule has 0 atom stereocenters. The molecule has 4 nitrogen and oxygen atoms in total. The SMILES string of the molecule is CNC(=O)Cc1ccc2nc(-c3cccc(O)c3)cc(C3CC3)c2c1. The lowest BCUT2D eigenvalue weighted by Crippen LogP contribution is -2.19. The van der Waals surface area contributed by atoms with Crippen molar-refractivity contribution in [2.45, 2.75) is 25.2 Å². The maximum atomic E-state index is 11.7. The maximum Gasteiger partial charge on any atom is 0.224 e. The molecule has 25 heavy (non-hydrogen) atoms. The highest BCUT2D eigenvalue weighted by molar-refractivity contribution is 5.88. The van der Waals surface area contributed by atoms with Gasteiger partial charge in [0.2, 0.25) is 5.91 Å². The van der Waals surface area contributed by atoms with Crippen LogP contribution in [0.3, 0.4) is 0 Å². The Bertz CT molecular complexity index is 961. The van der Waals surface area contributed by atoms with Crippen molar-refractivity contribution >= 4 is 16.8 Å². The number of hydrogen-bond donors (Lipinski definition) is 2. The van der Waals surface area contributed by atoms with Crippen molar-refractivity contribution in [2.75, 3.05) is 7.05 Å². The second-order valence-electron chi connectivity index (χ2n) is 6.62. The summed E-state index contributed by atoms with van der Waals surface area (Å²) in [4.78, 5) is 16.5. The smallest absolute Gasteiger partial charge is 0.224 e. The van der Waals surface area contributed by atoms with E-state index in [9.17, 15) is 9.90 Å². The van der Waals surface area contributed by atoms with Crippen molar-refractivity contribution in [2.24, 2.45) is 0 Å². The van der Waals surface area contributed by atoms with Crippen LogP contribution in [0.25, 0.3) is 22.2 Å². The minimum Gasteiger partial charge on any atom is -0.508 e. The number of hydrogen-bond acceptors (Lipinski definition) is 3. The van der Waals surface area contributed by atoms with Crippen LogP contribution < -0.4 is 5.32 Å². The van der Waals surface area contributed by atoms with Gasteiger partial charge in [-0.25, -0.2) is 4.98 Å². The molecule has 1 saturated carbocycles. The summed E-state index contributed by atoms with van der Waals surface area (Å²) in [5.74, 6) is 0.821. The predicted molar refractivity (Wildman–Crippen MR) is 98.6 cm³/mol. The molecule has 4 heteroatoms. The van der Waals surface area contributed by atoms with E-state index in [2.05, 4.69) is 17.4 Å². The van der Waals surface area contributed by atoms with Crippen LogP contribution in [0.15, 0.2) is 48.5 Å². The number of phenols is 1. The van der Waals surface area contributed by atoms with Gasteiger partial charge in [-0.2, -0.15) is 0 Å². The van der Waals surface area contributed by atoms with Crippen molar-refractivity contribution in [3.05, 3.63) is 59.7 Å². The summed E-state index contributed by atoms with van der Waals surface area (Å²) < 4.78 is 0. The van der Waals surface area contributed by atoms with Crippen molar-refractivity contribution in [1.29, 1.82) is 0 Å². The summed E-state index contributed by atoms with van der Waals surface area (Å²) in [6.07, 6.45) is 2.77. The van der Waals surface area contributed by atoms with Gasteiger partial charge < -0.3 is 10.4 Å². The molecular formula is C21H20N2O2. The minimum atomic E-state index is 0.0108. The molecule has 0 saturated heterocycles. The molecule has 3 aromatic rings. The van der Waals surface area contributed by atoms with E-state index in [4.69, 9.17) is 4.98 Å². The van der Waals surface area contributed by atoms with Gasteiger partial charge in [0.15, 0.2) is 0 Å². The van der Waals surface area contributed by atoms with Gasteiger partial charge in [-0.3, -0.25) is 4.79 Å². The van der Waals surface area contributed by atoms with Crippen LogP contribution in [0.1, 0.15) is 29.9 Å². The first-order valence-corrected chi connectivity index (χ1v) is 8.57. The monoisotopic (exact) mass is 332 g/mol. The molecule has 4 rings (SSSR count). The fourth-order valence-electron chi connectivity index (χ4n) is 3.23. The van der Waals surface area contributed by atoms with Crippen LogP contribution in [0.4, 0.5) is 0 Å². The number of carbonyl (C=O) groups is 1. The number of rotatable bonds is 4. The molecule has 0 aliphatic heterocycles. The first kappa shape index (κ1) is 15.6. The second-order valence-corrected chi connectivity index (χ2v) is 6.62. The van der Waals surface area contributed by atoms with Crippen molar-refractivity contribution < 1.29 is 9.90 Å². The van der Waals surface area contributed by atoms with Gasteiger partial charge in [0, 0.05) is 18.0 Å². The quantitative estimate of drug-likeness (QED) is 0.764. The van der Waals surface area contributed by atoms with Crippen LogP contribution in [0.2, 0.25) is 0 Å². The van der Waals surface area contributed by atoms with Crippen LogP contribution in [-0.2, 0) is 11.2 Å². The van der Waals surface area contributed by atoms with Gasteiger partial charge in [-0.05, 0) is 60.2 Å². The zero-order valence-corrected chi connectivity index (χ0v) is 14.1. The zero-order chi connectivity index (χ0) is 17.4. The Labute approximate surface area is 146 Å². The summed E-state index contributed by atoms with van der Waals surface area (Å²) >= 11 is 0. The van der Waals surface area contributed by atoms with Gasteiger partial charge in [-0.1, -0.05) is 18.2 Å². The molecule has 2 aromatic carbocycles. The molecule has 1 heterocycles. The maximum absolute atomic E-state index is 11.7. The van der Waals surface area contributed by atoms with Crippen molar-refractivity contribution in [1.82, 2.24) is 10.3 Å². The lowest BCUT2D eigenvalue weighted by Gasteiger charge is -2.11. The number of fused-ring (bicyclic) bond motifs is 1. The fourth-order valence-corrected chi connectivity index (χ4v) is 3.23. The second kappa shape index (κ2) is 6.20. The number of likely N-dealkylation sites (N-methyl/N-ethyl adjacent to an activating group) is 1. The molecule has 0 spiro atoms. The predicted octanol–water partition coefficient (Wildman–Crippen LogP) is 3.77. The summed E-state index contributed by atoms with van der Waals surface area (Å²) in [5.41, 5.74) is 5.02. The van der Waals surface area contributed by atoms with Crippen LogP contribution in [0, 0.1) is 0 Å².